The molecular formula is C18H14ClN5. The Morgan fingerprint density at radius 2 is 1.96 bits per heavy atom. The number of fused-ring (bicyclic) bond motifs is 2. The molecule has 6 heteroatoms. The molecule has 2 aromatic carbocycles. The summed E-state index contributed by atoms with van der Waals surface area (Å²) in [5.74, 6) is 0.577. The van der Waals surface area contributed by atoms with Crippen LogP contribution in [0.3, 0.4) is 0 Å². The zero-order valence-electron chi connectivity index (χ0n) is 12.9. The Morgan fingerprint density at radius 3 is 2.83 bits per heavy atom. The highest BCUT2D eigenvalue weighted by Gasteiger charge is 2.04. The molecule has 0 aliphatic heterocycles. The van der Waals surface area contributed by atoms with E-state index in [4.69, 9.17) is 11.6 Å². The van der Waals surface area contributed by atoms with Gasteiger partial charge in [-0.05, 0) is 36.8 Å². The summed E-state index contributed by atoms with van der Waals surface area (Å²) < 4.78 is 0. The lowest BCUT2D eigenvalue weighted by Crippen LogP contribution is -1.94. The number of halogens is 1. The van der Waals surface area contributed by atoms with Crippen LogP contribution in [-0.4, -0.2) is 21.2 Å². The van der Waals surface area contributed by atoms with E-state index >= 15 is 0 Å². The Balaban J connectivity index is 1.59. The maximum Gasteiger partial charge on any atom is 0.222 e. The van der Waals surface area contributed by atoms with Gasteiger partial charge in [0.15, 0.2) is 0 Å². The monoisotopic (exact) mass is 335 g/mol. The molecule has 0 unspecified atom stereocenters. The predicted molar refractivity (Wildman–Crippen MR) is 98.8 cm³/mol. The van der Waals surface area contributed by atoms with Crippen molar-refractivity contribution in [3.8, 4) is 0 Å². The second kappa shape index (κ2) is 5.94. The molecule has 0 bridgehead atoms. The van der Waals surface area contributed by atoms with Crippen LogP contribution in [0.2, 0.25) is 5.15 Å². The van der Waals surface area contributed by atoms with Crippen LogP contribution in [0.5, 0.6) is 0 Å². The number of H-pyrrole nitrogens is 1. The van der Waals surface area contributed by atoms with Gasteiger partial charge < -0.3 is 4.98 Å². The predicted octanol–water partition coefficient (Wildman–Crippen LogP) is 4.52. The molecule has 2 N–H and O–H groups in total. The van der Waals surface area contributed by atoms with Crippen LogP contribution in [-0.2, 0) is 0 Å². The molecule has 2 heterocycles. The lowest BCUT2D eigenvalue weighted by molar-refractivity contribution is 1.21. The number of hydrazone groups is 1. The Hall–Kier alpha value is -2.92. The number of para-hydroxylation sites is 2. The van der Waals surface area contributed by atoms with Crippen molar-refractivity contribution in [2.45, 2.75) is 6.92 Å². The first kappa shape index (κ1) is 14.7. The summed E-state index contributed by atoms with van der Waals surface area (Å²) in [4.78, 5) is 12.0. The summed E-state index contributed by atoms with van der Waals surface area (Å²) in [5, 5.41) is 5.64. The smallest absolute Gasteiger partial charge is 0.222 e. The number of rotatable bonds is 3. The molecule has 0 spiro atoms. The lowest BCUT2D eigenvalue weighted by atomic mass is 10.1. The average molecular weight is 336 g/mol. The van der Waals surface area contributed by atoms with Gasteiger partial charge in [-0.2, -0.15) is 5.10 Å². The molecule has 0 saturated heterocycles. The van der Waals surface area contributed by atoms with E-state index in [0.717, 1.165) is 33.1 Å². The minimum Gasteiger partial charge on any atom is -0.323 e. The molecule has 0 aliphatic carbocycles. The van der Waals surface area contributed by atoms with Gasteiger partial charge in [0.25, 0.3) is 0 Å². The van der Waals surface area contributed by atoms with E-state index in [1.165, 1.54) is 0 Å². The molecule has 0 radical (unpaired) electrons. The number of hydrogen-bond acceptors (Lipinski definition) is 4. The normalized spacial score (nSPS) is 11.6. The fourth-order valence-electron chi connectivity index (χ4n) is 2.53. The number of nitrogens with zero attached hydrogens (tertiary/aromatic N) is 3. The summed E-state index contributed by atoms with van der Waals surface area (Å²) in [7, 11) is 0. The maximum atomic E-state index is 6.25. The summed E-state index contributed by atoms with van der Waals surface area (Å²) in [6, 6.07) is 15.8. The van der Waals surface area contributed by atoms with Crippen molar-refractivity contribution in [2.24, 2.45) is 5.10 Å². The fourth-order valence-corrected chi connectivity index (χ4v) is 2.72. The van der Waals surface area contributed by atoms with Gasteiger partial charge in [0.05, 0.1) is 22.8 Å². The van der Waals surface area contributed by atoms with Crippen molar-refractivity contribution in [2.75, 3.05) is 5.43 Å². The lowest BCUT2D eigenvalue weighted by Gasteiger charge is -2.03. The first-order valence-corrected chi connectivity index (χ1v) is 7.87. The first-order valence-electron chi connectivity index (χ1n) is 7.50. The number of aromatic nitrogens is 3. The van der Waals surface area contributed by atoms with Gasteiger partial charge in [-0.15, -0.1) is 0 Å². The van der Waals surface area contributed by atoms with Crippen LogP contribution in [0, 0.1) is 6.92 Å². The Morgan fingerprint density at radius 1 is 1.08 bits per heavy atom. The van der Waals surface area contributed by atoms with E-state index in [2.05, 4.69) is 25.5 Å². The molecule has 0 saturated carbocycles. The van der Waals surface area contributed by atoms with Gasteiger partial charge in [0.2, 0.25) is 5.95 Å². The standard InChI is InChI=1S/C18H14ClN5/c1-11-6-7-12-9-13(17(19)21-16(12)8-11)10-20-24-18-22-14-4-2-3-5-15(14)23-18/h2-10H,1H3,(H2,22,23,24)/b20-10-. The van der Waals surface area contributed by atoms with Gasteiger partial charge in [-0.1, -0.05) is 35.9 Å². The Bertz CT molecular complexity index is 1030. The minimum absolute atomic E-state index is 0.420. The van der Waals surface area contributed by atoms with E-state index < -0.39 is 0 Å². The van der Waals surface area contributed by atoms with Gasteiger partial charge in [-0.3, -0.25) is 0 Å². The highest BCUT2D eigenvalue weighted by molar-refractivity contribution is 6.32. The number of pyridine rings is 1. The van der Waals surface area contributed by atoms with E-state index in [0.29, 0.717) is 11.1 Å². The molecule has 0 atom stereocenters. The molecule has 2 aromatic heterocycles. The molecular weight excluding hydrogens is 322 g/mol. The van der Waals surface area contributed by atoms with Crippen molar-refractivity contribution in [3.63, 3.8) is 0 Å². The first-order chi connectivity index (χ1) is 11.7. The van der Waals surface area contributed by atoms with E-state index in [1.54, 1.807) is 6.21 Å². The summed E-state index contributed by atoms with van der Waals surface area (Å²) >= 11 is 6.25. The quantitative estimate of drug-likeness (QED) is 0.328. The summed E-state index contributed by atoms with van der Waals surface area (Å²) in [6.45, 7) is 2.03. The number of aromatic amines is 1. The van der Waals surface area contributed by atoms with Crippen molar-refractivity contribution in [3.05, 3.63) is 64.8 Å². The van der Waals surface area contributed by atoms with Gasteiger partial charge in [0, 0.05) is 10.9 Å². The van der Waals surface area contributed by atoms with E-state index in [-0.39, 0.29) is 0 Å². The molecule has 24 heavy (non-hydrogen) atoms. The van der Waals surface area contributed by atoms with Crippen molar-refractivity contribution < 1.29 is 0 Å². The second-order valence-electron chi connectivity index (χ2n) is 5.54. The summed E-state index contributed by atoms with van der Waals surface area (Å²) in [5.41, 5.74) is 7.50. The number of aryl methyl sites for hydroxylation is 1. The van der Waals surface area contributed by atoms with Gasteiger partial charge in [-0.25, -0.2) is 15.4 Å². The van der Waals surface area contributed by atoms with E-state index in [1.807, 2.05) is 55.5 Å². The number of imidazole rings is 1. The third-order valence-corrected chi connectivity index (χ3v) is 4.02. The number of nitrogens with one attached hydrogen (secondary N) is 2. The van der Waals surface area contributed by atoms with Gasteiger partial charge >= 0.3 is 0 Å². The van der Waals surface area contributed by atoms with Gasteiger partial charge in [0.1, 0.15) is 5.15 Å². The maximum absolute atomic E-state index is 6.25. The number of anilines is 1. The zero-order chi connectivity index (χ0) is 16.5. The zero-order valence-corrected chi connectivity index (χ0v) is 13.7. The van der Waals surface area contributed by atoms with Crippen LogP contribution >= 0.6 is 11.6 Å². The molecule has 4 aromatic rings. The van der Waals surface area contributed by atoms with E-state index in [9.17, 15) is 0 Å². The topological polar surface area (TPSA) is 66.0 Å². The Labute approximate surface area is 143 Å². The van der Waals surface area contributed by atoms with Crippen LogP contribution in [0.15, 0.2) is 53.6 Å². The largest absolute Gasteiger partial charge is 0.323 e. The average Bonchev–Trinajstić information content (AvgIpc) is 2.98. The molecule has 5 nitrogen and oxygen atoms in total. The number of hydrogen-bond donors (Lipinski definition) is 2. The third kappa shape index (κ3) is 2.81. The molecule has 0 fully saturated rings. The Kier molecular flexibility index (Phi) is 3.63. The van der Waals surface area contributed by atoms with Crippen LogP contribution in [0.1, 0.15) is 11.1 Å². The van der Waals surface area contributed by atoms with Crippen LogP contribution < -0.4 is 5.43 Å². The molecule has 4 rings (SSSR count). The third-order valence-electron chi connectivity index (χ3n) is 3.72. The number of benzene rings is 2. The SMILES string of the molecule is Cc1ccc2cc(/C=N\Nc3nc4ccccc4[nH]3)c(Cl)nc2c1. The minimum atomic E-state index is 0.420. The van der Waals surface area contributed by atoms with Crippen molar-refractivity contribution in [1.29, 1.82) is 0 Å². The highest BCUT2D eigenvalue weighted by Crippen LogP contribution is 2.20. The summed E-state index contributed by atoms with van der Waals surface area (Å²) in [6.07, 6.45) is 1.64. The molecule has 0 aliphatic rings. The van der Waals surface area contributed by atoms with Crippen LogP contribution in [0.25, 0.3) is 21.9 Å². The second-order valence-corrected chi connectivity index (χ2v) is 5.90. The molecule has 118 valence electrons. The van der Waals surface area contributed by atoms with Crippen LogP contribution in [0.4, 0.5) is 5.95 Å². The highest BCUT2D eigenvalue weighted by atomic mass is 35.5. The fraction of sp³-hybridized carbons (Fsp3) is 0.0556. The van der Waals surface area contributed by atoms with Crippen molar-refractivity contribution in [1.82, 2.24) is 15.0 Å². The van der Waals surface area contributed by atoms with Crippen molar-refractivity contribution >= 4 is 45.7 Å². The molecule has 0 amide bonds.